The van der Waals surface area contributed by atoms with Crippen LogP contribution in [0.2, 0.25) is 0 Å². The molecule has 2 aliphatic heterocycles. The molecule has 0 bridgehead atoms. The van der Waals surface area contributed by atoms with Gasteiger partial charge in [0.2, 0.25) is 0 Å². The van der Waals surface area contributed by atoms with E-state index in [-0.39, 0.29) is 0 Å². The van der Waals surface area contributed by atoms with Crippen molar-refractivity contribution >= 4 is 0 Å². The van der Waals surface area contributed by atoms with E-state index in [2.05, 4.69) is 22.0 Å². The zero-order valence-electron chi connectivity index (χ0n) is 9.78. The van der Waals surface area contributed by atoms with Gasteiger partial charge in [0.25, 0.3) is 0 Å². The van der Waals surface area contributed by atoms with Crippen molar-refractivity contribution in [2.75, 3.05) is 32.7 Å². The van der Waals surface area contributed by atoms with Gasteiger partial charge in [-0.1, -0.05) is 0 Å². The SMILES string of the molecule is CC1CN(C2CC2)CCN1C1CCNC1. The summed E-state index contributed by atoms with van der Waals surface area (Å²) in [6, 6.07) is 2.54. The predicted octanol–water partition coefficient (Wildman–Crippen LogP) is 0.517. The standard InChI is InChI=1S/C12H23N3/c1-10-9-14(11-2-3-11)6-7-15(10)12-4-5-13-8-12/h10-13H,2-9H2,1H3. The first-order valence-corrected chi connectivity index (χ1v) is 6.55. The number of nitrogens with one attached hydrogen (secondary N) is 1. The molecule has 3 fully saturated rings. The van der Waals surface area contributed by atoms with Crippen molar-refractivity contribution in [3.05, 3.63) is 0 Å². The lowest BCUT2D eigenvalue weighted by Gasteiger charge is -2.43. The second kappa shape index (κ2) is 4.04. The molecule has 2 unspecified atom stereocenters. The van der Waals surface area contributed by atoms with Gasteiger partial charge in [0.05, 0.1) is 0 Å². The van der Waals surface area contributed by atoms with Gasteiger partial charge < -0.3 is 5.32 Å². The monoisotopic (exact) mass is 209 g/mol. The van der Waals surface area contributed by atoms with E-state index in [1.54, 1.807) is 0 Å². The molecule has 1 N–H and O–H groups in total. The van der Waals surface area contributed by atoms with Crippen LogP contribution in [0, 0.1) is 0 Å². The first-order valence-electron chi connectivity index (χ1n) is 6.55. The highest BCUT2D eigenvalue weighted by molar-refractivity contribution is 4.93. The molecule has 2 atom stereocenters. The number of hydrogen-bond donors (Lipinski definition) is 1. The third-order valence-corrected chi connectivity index (χ3v) is 4.28. The molecule has 15 heavy (non-hydrogen) atoms. The Hall–Kier alpha value is -0.120. The lowest BCUT2D eigenvalue weighted by molar-refractivity contribution is 0.0510. The smallest absolute Gasteiger partial charge is 0.0236 e. The van der Waals surface area contributed by atoms with Crippen LogP contribution in [0.3, 0.4) is 0 Å². The minimum atomic E-state index is 0.768. The van der Waals surface area contributed by atoms with E-state index in [4.69, 9.17) is 0 Å². The summed E-state index contributed by atoms with van der Waals surface area (Å²) in [5.74, 6) is 0. The molecule has 0 aromatic heterocycles. The highest BCUT2D eigenvalue weighted by atomic mass is 15.3. The van der Waals surface area contributed by atoms with Crippen molar-refractivity contribution in [3.8, 4) is 0 Å². The molecule has 3 nitrogen and oxygen atoms in total. The minimum absolute atomic E-state index is 0.768. The van der Waals surface area contributed by atoms with Gasteiger partial charge in [-0.15, -0.1) is 0 Å². The number of piperazine rings is 1. The van der Waals surface area contributed by atoms with Gasteiger partial charge in [-0.25, -0.2) is 0 Å². The third kappa shape index (κ3) is 2.05. The Balaban J connectivity index is 1.57. The van der Waals surface area contributed by atoms with E-state index in [0.717, 1.165) is 18.1 Å². The highest BCUT2D eigenvalue weighted by Gasteiger charge is 2.36. The van der Waals surface area contributed by atoms with Crippen LogP contribution in [0.1, 0.15) is 26.2 Å². The molecule has 2 saturated heterocycles. The average molecular weight is 209 g/mol. The molecule has 0 aromatic rings. The van der Waals surface area contributed by atoms with E-state index >= 15 is 0 Å². The number of rotatable bonds is 2. The first-order chi connectivity index (χ1) is 7.34. The van der Waals surface area contributed by atoms with Crippen LogP contribution < -0.4 is 5.32 Å². The fraction of sp³-hybridized carbons (Fsp3) is 1.00. The van der Waals surface area contributed by atoms with Gasteiger partial charge in [-0.3, -0.25) is 9.80 Å². The number of hydrogen-bond acceptors (Lipinski definition) is 3. The summed E-state index contributed by atoms with van der Waals surface area (Å²) >= 11 is 0. The minimum Gasteiger partial charge on any atom is -0.315 e. The molecule has 0 amide bonds. The summed E-state index contributed by atoms with van der Waals surface area (Å²) in [5, 5.41) is 3.48. The van der Waals surface area contributed by atoms with Crippen molar-refractivity contribution in [1.29, 1.82) is 0 Å². The quantitative estimate of drug-likeness (QED) is 0.715. The van der Waals surface area contributed by atoms with E-state index < -0.39 is 0 Å². The zero-order chi connectivity index (χ0) is 10.3. The zero-order valence-corrected chi connectivity index (χ0v) is 9.78. The second-order valence-electron chi connectivity index (χ2n) is 5.46. The van der Waals surface area contributed by atoms with Crippen LogP contribution in [0.15, 0.2) is 0 Å². The van der Waals surface area contributed by atoms with Crippen LogP contribution in [-0.4, -0.2) is 60.6 Å². The van der Waals surface area contributed by atoms with Crippen LogP contribution >= 0.6 is 0 Å². The highest BCUT2D eigenvalue weighted by Crippen LogP contribution is 2.29. The van der Waals surface area contributed by atoms with Crippen LogP contribution in [-0.2, 0) is 0 Å². The molecule has 3 aliphatic rings. The normalized spacial score (nSPS) is 39.8. The lowest BCUT2D eigenvalue weighted by atomic mass is 10.1. The maximum absolute atomic E-state index is 3.48. The molecule has 3 rings (SSSR count). The molecular weight excluding hydrogens is 186 g/mol. The summed E-state index contributed by atoms with van der Waals surface area (Å²) in [7, 11) is 0. The largest absolute Gasteiger partial charge is 0.315 e. The predicted molar refractivity (Wildman–Crippen MR) is 62.0 cm³/mol. The Morgan fingerprint density at radius 3 is 2.53 bits per heavy atom. The average Bonchev–Trinajstić information content (AvgIpc) is 2.95. The summed E-state index contributed by atoms with van der Waals surface area (Å²) in [6.07, 6.45) is 4.27. The molecule has 1 saturated carbocycles. The third-order valence-electron chi connectivity index (χ3n) is 4.28. The van der Waals surface area contributed by atoms with Gasteiger partial charge in [-0.05, 0) is 32.7 Å². The Bertz CT molecular complexity index is 221. The maximum atomic E-state index is 3.48. The maximum Gasteiger partial charge on any atom is 0.0236 e. The molecule has 3 heteroatoms. The van der Waals surface area contributed by atoms with E-state index in [9.17, 15) is 0 Å². The summed E-state index contributed by atoms with van der Waals surface area (Å²) in [5.41, 5.74) is 0. The van der Waals surface area contributed by atoms with Crippen molar-refractivity contribution < 1.29 is 0 Å². The van der Waals surface area contributed by atoms with Crippen molar-refractivity contribution in [2.45, 2.75) is 44.3 Å². The fourth-order valence-electron chi connectivity index (χ4n) is 3.24. The van der Waals surface area contributed by atoms with E-state index in [1.807, 2.05) is 0 Å². The van der Waals surface area contributed by atoms with Crippen LogP contribution in [0.5, 0.6) is 0 Å². The Kier molecular flexibility index (Phi) is 2.71. The van der Waals surface area contributed by atoms with Gasteiger partial charge in [0.1, 0.15) is 0 Å². The van der Waals surface area contributed by atoms with Crippen molar-refractivity contribution in [2.24, 2.45) is 0 Å². The Morgan fingerprint density at radius 1 is 1.07 bits per heavy atom. The fourth-order valence-corrected chi connectivity index (χ4v) is 3.24. The molecule has 0 radical (unpaired) electrons. The second-order valence-corrected chi connectivity index (χ2v) is 5.46. The Morgan fingerprint density at radius 2 is 1.93 bits per heavy atom. The van der Waals surface area contributed by atoms with E-state index in [1.165, 1.54) is 52.0 Å². The van der Waals surface area contributed by atoms with Gasteiger partial charge in [-0.2, -0.15) is 0 Å². The molecule has 86 valence electrons. The van der Waals surface area contributed by atoms with Gasteiger partial charge >= 0.3 is 0 Å². The molecule has 0 spiro atoms. The van der Waals surface area contributed by atoms with Gasteiger partial charge in [0, 0.05) is 44.3 Å². The molecule has 0 aromatic carbocycles. The Labute approximate surface area is 92.8 Å². The van der Waals surface area contributed by atoms with Crippen LogP contribution in [0.25, 0.3) is 0 Å². The molecular formula is C12H23N3. The number of nitrogens with zero attached hydrogens (tertiary/aromatic N) is 2. The molecule has 2 heterocycles. The van der Waals surface area contributed by atoms with Crippen molar-refractivity contribution in [1.82, 2.24) is 15.1 Å². The van der Waals surface area contributed by atoms with Gasteiger partial charge in [0.15, 0.2) is 0 Å². The lowest BCUT2D eigenvalue weighted by Crippen LogP contribution is -2.56. The first kappa shape index (κ1) is 10.1. The summed E-state index contributed by atoms with van der Waals surface area (Å²) in [6.45, 7) is 8.76. The summed E-state index contributed by atoms with van der Waals surface area (Å²) in [4.78, 5) is 5.45. The van der Waals surface area contributed by atoms with Crippen molar-refractivity contribution in [3.63, 3.8) is 0 Å². The summed E-state index contributed by atoms with van der Waals surface area (Å²) < 4.78 is 0. The van der Waals surface area contributed by atoms with E-state index in [0.29, 0.717) is 0 Å². The molecule has 1 aliphatic carbocycles. The topological polar surface area (TPSA) is 18.5 Å². The van der Waals surface area contributed by atoms with Crippen LogP contribution in [0.4, 0.5) is 0 Å².